The molecule has 10 heteroatoms. The molecule has 0 saturated heterocycles. The lowest BCUT2D eigenvalue weighted by Gasteiger charge is -2.30. The Morgan fingerprint density at radius 1 is 1.16 bits per heavy atom. The van der Waals surface area contributed by atoms with Gasteiger partial charge in [0.1, 0.15) is 21.4 Å². The summed E-state index contributed by atoms with van der Waals surface area (Å²) in [6.45, 7) is 7.31. The molecule has 1 aromatic heterocycles. The number of ether oxygens (including phenoxy) is 4. The van der Waals surface area contributed by atoms with Gasteiger partial charge in [-0.2, -0.15) is 10.5 Å². The number of amides is 1. The van der Waals surface area contributed by atoms with Gasteiger partial charge in [-0.1, -0.05) is 0 Å². The number of thiophene rings is 1. The van der Waals surface area contributed by atoms with Crippen molar-refractivity contribution >= 4 is 28.4 Å². The van der Waals surface area contributed by atoms with Gasteiger partial charge in [-0.25, -0.2) is 9.59 Å². The molecule has 1 rings (SSSR count). The second-order valence-corrected chi connectivity index (χ2v) is 8.58. The maximum absolute atomic E-state index is 12.9. The van der Waals surface area contributed by atoms with Gasteiger partial charge in [0.15, 0.2) is 6.29 Å². The summed E-state index contributed by atoms with van der Waals surface area (Å²) in [5.74, 6) is -2.09. The van der Waals surface area contributed by atoms with E-state index in [4.69, 9.17) is 18.9 Å². The largest absolute Gasteiger partial charge is 0.462 e. The molecule has 1 atom stereocenters. The molecule has 0 saturated carbocycles. The first-order valence-electron chi connectivity index (χ1n) is 9.74. The maximum atomic E-state index is 12.9. The van der Waals surface area contributed by atoms with Crippen molar-refractivity contribution in [1.82, 2.24) is 0 Å². The molecular formula is C21H29N3O6S. The number of carbonyl (C=O) groups is 2. The summed E-state index contributed by atoms with van der Waals surface area (Å²) in [5.41, 5.74) is -0.737. The van der Waals surface area contributed by atoms with E-state index in [1.807, 2.05) is 12.1 Å². The minimum absolute atomic E-state index is 0.117. The topological polar surface area (TPSA) is 122 Å². The normalized spacial score (nSPS) is 12.2. The molecule has 1 heterocycles. The van der Waals surface area contributed by atoms with Crippen LogP contribution >= 0.6 is 11.3 Å². The van der Waals surface area contributed by atoms with E-state index in [0.29, 0.717) is 9.88 Å². The summed E-state index contributed by atoms with van der Waals surface area (Å²) in [4.78, 5) is 26.6. The number of methoxy groups -OCH3 is 2. The fourth-order valence-electron chi connectivity index (χ4n) is 2.80. The number of nitrogens with zero attached hydrogens (tertiary/aromatic N) is 3. The second kappa shape index (κ2) is 12.3. The number of carbonyl (C=O) groups excluding carboxylic acids is 2. The number of hydrogen-bond acceptors (Lipinski definition) is 9. The highest BCUT2D eigenvalue weighted by Gasteiger charge is 2.33. The van der Waals surface area contributed by atoms with E-state index in [-0.39, 0.29) is 19.6 Å². The van der Waals surface area contributed by atoms with Gasteiger partial charge >= 0.3 is 12.1 Å². The highest BCUT2D eigenvalue weighted by molar-refractivity contribution is 7.18. The lowest BCUT2D eigenvalue weighted by atomic mass is 9.90. The van der Waals surface area contributed by atoms with Crippen LogP contribution in [0, 0.1) is 34.5 Å². The van der Waals surface area contributed by atoms with Crippen molar-refractivity contribution in [3.8, 4) is 12.1 Å². The smallest absolute Gasteiger partial charge is 0.415 e. The van der Waals surface area contributed by atoms with Crippen molar-refractivity contribution in [3.63, 3.8) is 0 Å². The molecule has 1 aromatic rings. The predicted octanol–water partition coefficient (Wildman–Crippen LogP) is 3.95. The lowest BCUT2D eigenvalue weighted by Crippen LogP contribution is -2.40. The summed E-state index contributed by atoms with van der Waals surface area (Å²) in [6.07, 6.45) is -1.19. The summed E-state index contributed by atoms with van der Waals surface area (Å²) >= 11 is 1.09. The van der Waals surface area contributed by atoms with Gasteiger partial charge in [0, 0.05) is 26.7 Å². The van der Waals surface area contributed by atoms with Crippen LogP contribution in [0.5, 0.6) is 0 Å². The van der Waals surface area contributed by atoms with E-state index >= 15 is 0 Å². The fourth-order valence-corrected chi connectivity index (χ4v) is 3.71. The third-order valence-electron chi connectivity index (χ3n) is 4.15. The van der Waals surface area contributed by atoms with Crippen LogP contribution in [0.2, 0.25) is 0 Å². The molecule has 170 valence electrons. The van der Waals surface area contributed by atoms with Crippen LogP contribution in [0.15, 0.2) is 12.1 Å². The molecule has 0 aliphatic carbocycles. The predicted molar refractivity (Wildman–Crippen MR) is 114 cm³/mol. The van der Waals surface area contributed by atoms with Crippen LogP contribution in [-0.4, -0.2) is 51.3 Å². The Kier molecular flexibility index (Phi) is 10.4. The zero-order valence-electron chi connectivity index (χ0n) is 18.7. The van der Waals surface area contributed by atoms with Crippen molar-refractivity contribution < 1.29 is 28.5 Å². The standard InChI is InChI=1S/C21H29N3O6S/c1-7-29-18(25)16-8-9-17(31-16)24(20(26)30-21(2,3)4)11-10-15(14(12-22)13-23)19(27-5)28-6/h8-9,14-15,19H,7,10-11H2,1-6H3. The van der Waals surface area contributed by atoms with E-state index < -0.39 is 35.8 Å². The van der Waals surface area contributed by atoms with Gasteiger partial charge in [-0.3, -0.25) is 4.90 Å². The number of hydrogen-bond donors (Lipinski definition) is 0. The average Bonchev–Trinajstić information content (AvgIpc) is 3.18. The van der Waals surface area contributed by atoms with Gasteiger partial charge in [0.2, 0.25) is 0 Å². The molecule has 0 fully saturated rings. The third kappa shape index (κ3) is 7.83. The third-order valence-corrected chi connectivity index (χ3v) is 5.24. The summed E-state index contributed by atoms with van der Waals surface area (Å²) in [7, 11) is 2.84. The van der Waals surface area contributed by atoms with Crippen molar-refractivity contribution in [1.29, 1.82) is 10.5 Å². The van der Waals surface area contributed by atoms with Crippen molar-refractivity contribution in [2.24, 2.45) is 11.8 Å². The van der Waals surface area contributed by atoms with Crippen LogP contribution in [0.1, 0.15) is 43.8 Å². The maximum Gasteiger partial charge on any atom is 0.415 e. The quantitative estimate of drug-likeness (QED) is 0.387. The highest BCUT2D eigenvalue weighted by atomic mass is 32.1. The summed E-state index contributed by atoms with van der Waals surface area (Å²) in [6, 6.07) is 7.11. The second-order valence-electron chi connectivity index (χ2n) is 7.52. The van der Waals surface area contributed by atoms with Crippen molar-refractivity contribution in [2.45, 2.75) is 46.0 Å². The molecule has 31 heavy (non-hydrogen) atoms. The molecule has 0 aliphatic heterocycles. The van der Waals surface area contributed by atoms with Gasteiger partial charge in [-0.05, 0) is 46.2 Å². The van der Waals surface area contributed by atoms with E-state index in [2.05, 4.69) is 0 Å². The van der Waals surface area contributed by atoms with Gasteiger partial charge < -0.3 is 18.9 Å². The molecule has 1 amide bonds. The first kappa shape index (κ1) is 26.4. The molecule has 0 aliphatic rings. The van der Waals surface area contributed by atoms with Crippen LogP contribution in [0.4, 0.5) is 9.80 Å². The van der Waals surface area contributed by atoms with E-state index in [1.54, 1.807) is 39.8 Å². The van der Waals surface area contributed by atoms with Crippen LogP contribution in [0.3, 0.4) is 0 Å². The number of rotatable bonds is 10. The lowest BCUT2D eigenvalue weighted by molar-refractivity contribution is -0.142. The van der Waals surface area contributed by atoms with Crippen LogP contribution in [-0.2, 0) is 18.9 Å². The molecule has 9 nitrogen and oxygen atoms in total. The first-order valence-corrected chi connectivity index (χ1v) is 10.6. The zero-order chi connectivity index (χ0) is 23.6. The molecule has 0 bridgehead atoms. The fraction of sp³-hybridized carbons (Fsp3) is 0.619. The monoisotopic (exact) mass is 451 g/mol. The molecule has 0 radical (unpaired) electrons. The van der Waals surface area contributed by atoms with E-state index in [1.165, 1.54) is 19.1 Å². The Morgan fingerprint density at radius 2 is 1.77 bits per heavy atom. The Balaban J connectivity index is 3.20. The first-order chi connectivity index (χ1) is 14.6. The summed E-state index contributed by atoms with van der Waals surface area (Å²) < 4.78 is 21.1. The number of esters is 1. The van der Waals surface area contributed by atoms with E-state index in [0.717, 1.165) is 11.3 Å². The van der Waals surface area contributed by atoms with Crippen molar-refractivity contribution in [3.05, 3.63) is 17.0 Å². The minimum Gasteiger partial charge on any atom is -0.462 e. The van der Waals surface area contributed by atoms with E-state index in [9.17, 15) is 20.1 Å². The van der Waals surface area contributed by atoms with Gasteiger partial charge in [0.05, 0.1) is 18.7 Å². The number of nitriles is 2. The Bertz CT molecular complexity index is 802. The average molecular weight is 452 g/mol. The molecule has 1 unspecified atom stereocenters. The van der Waals surface area contributed by atoms with Crippen LogP contribution in [0.25, 0.3) is 0 Å². The Labute approximate surface area is 187 Å². The molecule has 0 aromatic carbocycles. The molecule has 0 spiro atoms. The van der Waals surface area contributed by atoms with Gasteiger partial charge in [-0.15, -0.1) is 11.3 Å². The number of anilines is 1. The highest BCUT2D eigenvalue weighted by Crippen LogP contribution is 2.30. The van der Waals surface area contributed by atoms with Gasteiger partial charge in [0.25, 0.3) is 0 Å². The Hall–Kier alpha value is -2.66. The van der Waals surface area contributed by atoms with Crippen LogP contribution < -0.4 is 4.90 Å². The summed E-state index contributed by atoms with van der Waals surface area (Å²) in [5, 5.41) is 19.2. The Morgan fingerprint density at radius 3 is 2.26 bits per heavy atom. The molecular weight excluding hydrogens is 422 g/mol. The SMILES string of the molecule is CCOC(=O)c1ccc(N(CCC(C(C#N)C#N)C(OC)OC)C(=O)OC(C)(C)C)s1. The zero-order valence-corrected chi connectivity index (χ0v) is 19.5. The van der Waals surface area contributed by atoms with Crippen molar-refractivity contribution in [2.75, 3.05) is 32.3 Å². The molecule has 0 N–H and O–H groups in total. The minimum atomic E-state index is -0.996.